The van der Waals surface area contributed by atoms with Gasteiger partial charge in [-0.15, -0.1) is 5.10 Å². The molecule has 0 saturated heterocycles. The molecule has 1 fully saturated rings. The Labute approximate surface area is 101 Å². The standard InChI is InChI=1S/C12H20N4O/c1-3-9(7-8-5-6-8)13-12(17)11-14-10(4-2)15-16-11/h8-9H,3-7H2,1-2H3,(H,13,17)(H,14,15,16). The molecule has 1 aromatic rings. The number of aryl methyl sites for hydroxylation is 1. The minimum absolute atomic E-state index is 0.159. The molecule has 17 heavy (non-hydrogen) atoms. The topological polar surface area (TPSA) is 70.7 Å². The summed E-state index contributed by atoms with van der Waals surface area (Å²) >= 11 is 0. The maximum absolute atomic E-state index is 11.9. The van der Waals surface area contributed by atoms with Gasteiger partial charge in [-0.25, -0.2) is 4.98 Å². The van der Waals surface area contributed by atoms with Crippen molar-refractivity contribution in [1.29, 1.82) is 0 Å². The van der Waals surface area contributed by atoms with Gasteiger partial charge in [0.05, 0.1) is 0 Å². The molecule has 5 heteroatoms. The first-order chi connectivity index (χ1) is 8.22. The molecule has 1 unspecified atom stereocenters. The van der Waals surface area contributed by atoms with Crippen LogP contribution in [0.3, 0.4) is 0 Å². The summed E-state index contributed by atoms with van der Waals surface area (Å²) < 4.78 is 0. The molecule has 1 aliphatic carbocycles. The summed E-state index contributed by atoms with van der Waals surface area (Å²) in [6.07, 6.45) is 5.44. The van der Waals surface area contributed by atoms with Crippen molar-refractivity contribution < 1.29 is 4.79 Å². The van der Waals surface area contributed by atoms with E-state index in [1.807, 2.05) is 6.92 Å². The largest absolute Gasteiger partial charge is 0.347 e. The summed E-state index contributed by atoms with van der Waals surface area (Å²) in [5.74, 6) is 1.67. The smallest absolute Gasteiger partial charge is 0.291 e. The van der Waals surface area contributed by atoms with Crippen LogP contribution < -0.4 is 5.32 Å². The van der Waals surface area contributed by atoms with Crippen molar-refractivity contribution in [1.82, 2.24) is 20.5 Å². The van der Waals surface area contributed by atoms with Crippen molar-refractivity contribution in [2.45, 2.75) is 52.0 Å². The first-order valence-electron chi connectivity index (χ1n) is 6.45. The van der Waals surface area contributed by atoms with Gasteiger partial charge in [0.15, 0.2) is 0 Å². The van der Waals surface area contributed by atoms with Crippen molar-refractivity contribution in [3.63, 3.8) is 0 Å². The number of carbonyl (C=O) groups excluding carboxylic acids is 1. The van der Waals surface area contributed by atoms with Gasteiger partial charge < -0.3 is 5.32 Å². The van der Waals surface area contributed by atoms with Gasteiger partial charge in [0.2, 0.25) is 5.82 Å². The van der Waals surface area contributed by atoms with Crippen LogP contribution in [0.15, 0.2) is 0 Å². The van der Waals surface area contributed by atoms with Gasteiger partial charge in [-0.2, -0.15) is 0 Å². The Hall–Kier alpha value is -1.39. The Morgan fingerprint density at radius 3 is 2.82 bits per heavy atom. The van der Waals surface area contributed by atoms with Crippen molar-refractivity contribution >= 4 is 5.91 Å². The maximum atomic E-state index is 11.9. The molecular weight excluding hydrogens is 216 g/mol. The van der Waals surface area contributed by atoms with Gasteiger partial charge in [-0.1, -0.05) is 26.7 Å². The SMILES string of the molecule is CCc1nc(C(=O)NC(CC)CC2CC2)n[nH]1. The fourth-order valence-corrected chi connectivity index (χ4v) is 1.89. The van der Waals surface area contributed by atoms with Crippen LogP contribution in [-0.4, -0.2) is 27.1 Å². The molecule has 0 spiro atoms. The predicted molar refractivity (Wildman–Crippen MR) is 64.6 cm³/mol. The number of amides is 1. The lowest BCUT2D eigenvalue weighted by molar-refractivity contribution is 0.0922. The summed E-state index contributed by atoms with van der Waals surface area (Å²) in [5, 5.41) is 9.69. The third-order valence-corrected chi connectivity index (χ3v) is 3.21. The Balaban J connectivity index is 1.89. The zero-order valence-electron chi connectivity index (χ0n) is 10.5. The third-order valence-electron chi connectivity index (χ3n) is 3.21. The van der Waals surface area contributed by atoms with Gasteiger partial charge in [0, 0.05) is 12.5 Å². The molecule has 1 aliphatic rings. The van der Waals surface area contributed by atoms with E-state index in [-0.39, 0.29) is 17.8 Å². The average molecular weight is 236 g/mol. The zero-order chi connectivity index (χ0) is 12.3. The Kier molecular flexibility index (Phi) is 3.76. The number of hydrogen-bond acceptors (Lipinski definition) is 3. The highest BCUT2D eigenvalue weighted by Gasteiger charge is 2.26. The monoisotopic (exact) mass is 236 g/mol. The molecule has 1 aromatic heterocycles. The molecule has 1 heterocycles. The fourth-order valence-electron chi connectivity index (χ4n) is 1.89. The van der Waals surface area contributed by atoms with E-state index in [9.17, 15) is 4.79 Å². The van der Waals surface area contributed by atoms with Crippen LogP contribution in [0.2, 0.25) is 0 Å². The lowest BCUT2D eigenvalue weighted by Gasteiger charge is -2.15. The molecule has 2 rings (SSSR count). The van der Waals surface area contributed by atoms with Gasteiger partial charge in [-0.3, -0.25) is 9.89 Å². The van der Waals surface area contributed by atoms with Gasteiger partial charge >= 0.3 is 0 Å². The summed E-state index contributed by atoms with van der Waals surface area (Å²) in [6, 6.07) is 0.263. The number of aromatic amines is 1. The van der Waals surface area contributed by atoms with Crippen LogP contribution in [0, 0.1) is 5.92 Å². The van der Waals surface area contributed by atoms with Crippen molar-refractivity contribution in [3.8, 4) is 0 Å². The number of carbonyl (C=O) groups is 1. The molecule has 0 aliphatic heterocycles. The van der Waals surface area contributed by atoms with E-state index in [2.05, 4.69) is 27.4 Å². The minimum Gasteiger partial charge on any atom is -0.347 e. The molecular formula is C12H20N4O. The number of nitrogens with one attached hydrogen (secondary N) is 2. The zero-order valence-corrected chi connectivity index (χ0v) is 10.5. The molecule has 0 bridgehead atoms. The number of H-pyrrole nitrogens is 1. The fraction of sp³-hybridized carbons (Fsp3) is 0.750. The summed E-state index contributed by atoms with van der Waals surface area (Å²) in [7, 11) is 0. The molecule has 0 radical (unpaired) electrons. The highest BCUT2D eigenvalue weighted by Crippen LogP contribution is 2.34. The summed E-state index contributed by atoms with van der Waals surface area (Å²) in [4.78, 5) is 16.0. The first-order valence-corrected chi connectivity index (χ1v) is 6.45. The van der Waals surface area contributed by atoms with E-state index in [0.717, 1.165) is 31.0 Å². The minimum atomic E-state index is -0.159. The molecule has 2 N–H and O–H groups in total. The van der Waals surface area contributed by atoms with Crippen LogP contribution in [-0.2, 0) is 6.42 Å². The molecule has 1 saturated carbocycles. The summed E-state index contributed by atoms with van der Waals surface area (Å²) in [6.45, 7) is 4.08. The second-order valence-corrected chi connectivity index (χ2v) is 4.72. The number of rotatable bonds is 6. The van der Waals surface area contributed by atoms with Crippen LogP contribution >= 0.6 is 0 Å². The molecule has 1 atom stereocenters. The Bertz CT molecular complexity index is 384. The molecule has 94 valence electrons. The van der Waals surface area contributed by atoms with Crippen LogP contribution in [0.5, 0.6) is 0 Å². The maximum Gasteiger partial charge on any atom is 0.291 e. The van der Waals surface area contributed by atoms with Crippen molar-refractivity contribution in [2.24, 2.45) is 5.92 Å². The van der Waals surface area contributed by atoms with Crippen molar-refractivity contribution in [2.75, 3.05) is 0 Å². The quantitative estimate of drug-likeness (QED) is 0.789. The third kappa shape index (κ3) is 3.28. The van der Waals surface area contributed by atoms with E-state index >= 15 is 0 Å². The second kappa shape index (κ2) is 5.29. The summed E-state index contributed by atoms with van der Waals surface area (Å²) in [5.41, 5.74) is 0. The van der Waals surface area contributed by atoms with Crippen molar-refractivity contribution in [3.05, 3.63) is 11.6 Å². The van der Waals surface area contributed by atoms with Crippen LogP contribution in [0.25, 0.3) is 0 Å². The number of nitrogens with zero attached hydrogens (tertiary/aromatic N) is 2. The van der Waals surface area contributed by atoms with E-state index < -0.39 is 0 Å². The molecule has 0 aromatic carbocycles. The van der Waals surface area contributed by atoms with E-state index in [0.29, 0.717) is 0 Å². The highest BCUT2D eigenvalue weighted by atomic mass is 16.2. The highest BCUT2D eigenvalue weighted by molar-refractivity contribution is 5.90. The second-order valence-electron chi connectivity index (χ2n) is 4.72. The van der Waals surface area contributed by atoms with Crippen LogP contribution in [0.4, 0.5) is 0 Å². The van der Waals surface area contributed by atoms with Gasteiger partial charge in [0.25, 0.3) is 5.91 Å². The molecule has 5 nitrogen and oxygen atoms in total. The van der Waals surface area contributed by atoms with E-state index in [4.69, 9.17) is 0 Å². The van der Waals surface area contributed by atoms with Gasteiger partial charge in [0.1, 0.15) is 5.82 Å². The Morgan fingerprint density at radius 2 is 2.29 bits per heavy atom. The number of aromatic nitrogens is 3. The lowest BCUT2D eigenvalue weighted by atomic mass is 10.1. The van der Waals surface area contributed by atoms with Crippen LogP contribution in [0.1, 0.15) is 56.0 Å². The predicted octanol–water partition coefficient (Wildman–Crippen LogP) is 1.68. The van der Waals surface area contributed by atoms with E-state index in [1.54, 1.807) is 0 Å². The normalized spacial score (nSPS) is 16.8. The molecule has 1 amide bonds. The lowest BCUT2D eigenvalue weighted by Crippen LogP contribution is -2.35. The van der Waals surface area contributed by atoms with Gasteiger partial charge in [-0.05, 0) is 18.8 Å². The first kappa shape index (κ1) is 12.1. The van der Waals surface area contributed by atoms with E-state index in [1.165, 1.54) is 12.8 Å². The Morgan fingerprint density at radius 1 is 1.53 bits per heavy atom. The number of hydrogen-bond donors (Lipinski definition) is 2. The average Bonchev–Trinajstić information content (AvgIpc) is 3.02.